The number of carbonyl (C=O) groups is 1. The molecule has 5 rings (SSSR count). The number of nitrogens with zero attached hydrogens (tertiary/aromatic N) is 2. The van der Waals surface area contributed by atoms with Crippen LogP contribution in [0.15, 0.2) is 71.6 Å². The van der Waals surface area contributed by atoms with Gasteiger partial charge in [-0.15, -0.1) is 0 Å². The van der Waals surface area contributed by atoms with Gasteiger partial charge in [-0.05, 0) is 53.8 Å². The van der Waals surface area contributed by atoms with Gasteiger partial charge in [-0.25, -0.2) is 0 Å². The van der Waals surface area contributed by atoms with E-state index in [0.29, 0.717) is 36.9 Å². The molecule has 0 radical (unpaired) electrons. The van der Waals surface area contributed by atoms with Crippen LogP contribution in [0.2, 0.25) is 5.02 Å². The first-order chi connectivity index (χ1) is 16.6. The highest BCUT2D eigenvalue weighted by Crippen LogP contribution is 2.38. The van der Waals surface area contributed by atoms with Crippen molar-refractivity contribution in [3.63, 3.8) is 0 Å². The number of rotatable bonds is 8. The third-order valence-corrected chi connectivity index (χ3v) is 7.34. The number of halogens is 1. The molecule has 0 bridgehead atoms. The van der Waals surface area contributed by atoms with Crippen molar-refractivity contribution < 1.29 is 14.6 Å². The molecule has 0 aliphatic carbocycles. The summed E-state index contributed by atoms with van der Waals surface area (Å²) in [5, 5.41) is 10.2. The van der Waals surface area contributed by atoms with Gasteiger partial charge < -0.3 is 20.2 Å². The molecule has 34 heavy (non-hydrogen) atoms. The zero-order valence-electron chi connectivity index (χ0n) is 18.6. The highest BCUT2D eigenvalue weighted by atomic mass is 35.5. The maximum Gasteiger partial charge on any atom is 0.225 e. The van der Waals surface area contributed by atoms with Gasteiger partial charge >= 0.3 is 0 Å². The zero-order chi connectivity index (χ0) is 23.5. The Morgan fingerprint density at radius 3 is 2.79 bits per heavy atom. The van der Waals surface area contributed by atoms with Crippen molar-refractivity contribution in [3.05, 3.63) is 77.3 Å². The fraction of sp³-hybridized carbons (Fsp3) is 0.269. The molecule has 2 heterocycles. The molecule has 3 aromatic rings. The Morgan fingerprint density at radius 2 is 1.97 bits per heavy atom. The molecule has 8 heteroatoms. The topological polar surface area (TPSA) is 65.0 Å². The van der Waals surface area contributed by atoms with Gasteiger partial charge in [0.1, 0.15) is 5.75 Å². The quantitative estimate of drug-likeness (QED) is 0.330. The van der Waals surface area contributed by atoms with Crippen LogP contribution in [0.4, 0.5) is 5.69 Å². The van der Waals surface area contributed by atoms with E-state index in [0.717, 1.165) is 23.4 Å². The molecule has 0 aromatic heterocycles. The Kier molecular flexibility index (Phi) is 6.97. The number of aliphatic hydroxyl groups is 1. The molecule has 1 amide bonds. The molecule has 0 spiro atoms. The summed E-state index contributed by atoms with van der Waals surface area (Å²) >= 11 is 8.41. The summed E-state index contributed by atoms with van der Waals surface area (Å²) in [4.78, 5) is 14.7. The second-order valence-electron chi connectivity index (χ2n) is 8.45. The lowest BCUT2D eigenvalue weighted by molar-refractivity contribution is -0.127. The third-order valence-electron chi connectivity index (χ3n) is 5.91. The molecule has 2 N–H and O–H groups in total. The van der Waals surface area contributed by atoms with Crippen molar-refractivity contribution in [1.29, 1.82) is 0 Å². The Labute approximate surface area is 208 Å². The van der Waals surface area contributed by atoms with Crippen molar-refractivity contribution in [2.24, 2.45) is 0 Å². The highest BCUT2D eigenvalue weighted by Gasteiger charge is 2.27. The number of β-amino-alcohol motifs (C(OH)–C–C–N with tert-alkyl or cyclic N) is 1. The van der Waals surface area contributed by atoms with Crippen LogP contribution in [-0.2, 0) is 11.3 Å². The minimum Gasteiger partial charge on any atom is -0.492 e. The lowest BCUT2D eigenvalue weighted by Gasteiger charge is -2.18. The lowest BCUT2D eigenvalue weighted by Crippen LogP contribution is -2.28. The molecule has 6 nitrogen and oxygen atoms in total. The smallest absolute Gasteiger partial charge is 0.225 e. The second kappa shape index (κ2) is 10.3. The molecule has 1 unspecified atom stereocenters. The number of ether oxygens (including phenoxy) is 1. The van der Waals surface area contributed by atoms with Gasteiger partial charge in [0.25, 0.3) is 0 Å². The van der Waals surface area contributed by atoms with Crippen molar-refractivity contribution in [2.75, 3.05) is 25.1 Å². The first-order valence-electron chi connectivity index (χ1n) is 11.3. The average molecular weight is 496 g/mol. The number of anilines is 1. The van der Waals surface area contributed by atoms with Gasteiger partial charge in [-0.3, -0.25) is 4.79 Å². The fourth-order valence-electron chi connectivity index (χ4n) is 4.24. The summed E-state index contributed by atoms with van der Waals surface area (Å²) in [5.74, 6) is 0.619. The Bertz CT molecular complexity index is 1170. The van der Waals surface area contributed by atoms with E-state index < -0.39 is 6.10 Å². The number of hydrazine groups is 1. The first-order valence-corrected chi connectivity index (χ1v) is 12.5. The number of aliphatic hydroxyl groups excluding tert-OH is 1. The van der Waals surface area contributed by atoms with Gasteiger partial charge in [0.05, 0.1) is 36.4 Å². The molecule has 2 aliphatic rings. The number of amides is 1. The van der Waals surface area contributed by atoms with E-state index in [1.165, 1.54) is 10.5 Å². The first kappa shape index (κ1) is 23.1. The number of fused-ring (bicyclic) bond motifs is 1. The molecule has 176 valence electrons. The van der Waals surface area contributed by atoms with Gasteiger partial charge in [0.2, 0.25) is 5.91 Å². The number of hydrogen-bond acceptors (Lipinski definition) is 6. The van der Waals surface area contributed by atoms with E-state index >= 15 is 0 Å². The van der Waals surface area contributed by atoms with Crippen LogP contribution < -0.4 is 10.2 Å². The standard InChI is InChI=1S/C26H26ClN3O3S/c27-26-22(9-4-10-23(26)33-13-5-12-29-17-21(31)15-25(29)32)18-7-3-8-20(14-18)28-30-16-19-6-1-2-11-24(19)34-30/h1-4,6-11,14,21,28,31H,5,12-13,15-17H2. The van der Waals surface area contributed by atoms with Crippen LogP contribution in [0.25, 0.3) is 11.1 Å². The maximum absolute atomic E-state index is 11.8. The molecule has 1 atom stereocenters. The largest absolute Gasteiger partial charge is 0.492 e. The maximum atomic E-state index is 11.8. The van der Waals surface area contributed by atoms with Crippen molar-refractivity contribution in [2.45, 2.75) is 30.4 Å². The minimum atomic E-state index is -0.552. The average Bonchev–Trinajstić information content (AvgIpc) is 3.38. The normalized spacial score (nSPS) is 17.8. The molecule has 1 saturated heterocycles. The monoisotopic (exact) mass is 495 g/mol. The van der Waals surface area contributed by atoms with E-state index in [1.54, 1.807) is 16.8 Å². The van der Waals surface area contributed by atoms with E-state index in [9.17, 15) is 9.90 Å². The predicted octanol–water partition coefficient (Wildman–Crippen LogP) is 5.22. The Hall–Kier alpha value is -2.71. The van der Waals surface area contributed by atoms with E-state index in [-0.39, 0.29) is 12.3 Å². The van der Waals surface area contributed by atoms with Crippen LogP contribution >= 0.6 is 23.5 Å². The number of carbonyl (C=O) groups excluding carboxylic acids is 1. The summed E-state index contributed by atoms with van der Waals surface area (Å²) in [5.41, 5.74) is 7.68. The SMILES string of the molecule is O=C1CC(O)CN1CCCOc1cccc(-c2cccc(NN3Cc4ccccc4S3)c2)c1Cl. The molecule has 2 aliphatic heterocycles. The van der Waals surface area contributed by atoms with Gasteiger partial charge in [-0.2, -0.15) is 4.41 Å². The molecular weight excluding hydrogens is 470 g/mol. The second-order valence-corrected chi connectivity index (χ2v) is 9.89. The summed E-state index contributed by atoms with van der Waals surface area (Å²) in [6.45, 7) is 2.25. The zero-order valence-corrected chi connectivity index (χ0v) is 20.2. The summed E-state index contributed by atoms with van der Waals surface area (Å²) in [7, 11) is 0. The summed E-state index contributed by atoms with van der Waals surface area (Å²) in [6, 6.07) is 22.4. The summed E-state index contributed by atoms with van der Waals surface area (Å²) < 4.78 is 8.05. The molecule has 1 fully saturated rings. The molecular formula is C26H26ClN3O3S. The van der Waals surface area contributed by atoms with E-state index in [4.69, 9.17) is 16.3 Å². The highest BCUT2D eigenvalue weighted by molar-refractivity contribution is 7.97. The van der Waals surface area contributed by atoms with Crippen molar-refractivity contribution in [3.8, 4) is 16.9 Å². The van der Waals surface area contributed by atoms with E-state index in [1.807, 2.05) is 36.4 Å². The van der Waals surface area contributed by atoms with Crippen LogP contribution in [0.3, 0.4) is 0 Å². The van der Waals surface area contributed by atoms with Crippen molar-refractivity contribution >= 4 is 35.1 Å². The van der Waals surface area contributed by atoms with E-state index in [2.05, 4.69) is 40.2 Å². The predicted molar refractivity (Wildman–Crippen MR) is 136 cm³/mol. The van der Waals surface area contributed by atoms with Gasteiger partial charge in [-0.1, -0.05) is 54.1 Å². The summed E-state index contributed by atoms with van der Waals surface area (Å²) in [6.07, 6.45) is 0.338. The van der Waals surface area contributed by atoms with Crippen LogP contribution in [0.5, 0.6) is 5.75 Å². The Balaban J connectivity index is 1.21. The van der Waals surface area contributed by atoms with Gasteiger partial charge in [0.15, 0.2) is 0 Å². The van der Waals surface area contributed by atoms with Crippen LogP contribution in [0, 0.1) is 0 Å². The lowest BCUT2D eigenvalue weighted by atomic mass is 10.0. The number of benzene rings is 3. The minimum absolute atomic E-state index is 0.00256. The molecule has 0 saturated carbocycles. The Morgan fingerprint density at radius 1 is 1.12 bits per heavy atom. The van der Waals surface area contributed by atoms with Crippen LogP contribution in [-0.4, -0.2) is 46.1 Å². The van der Waals surface area contributed by atoms with Crippen LogP contribution in [0.1, 0.15) is 18.4 Å². The van der Waals surface area contributed by atoms with Crippen molar-refractivity contribution in [1.82, 2.24) is 9.31 Å². The molecule has 3 aromatic carbocycles. The number of hydrogen-bond donors (Lipinski definition) is 2. The fourth-order valence-corrected chi connectivity index (χ4v) is 5.51. The van der Waals surface area contributed by atoms with Gasteiger partial charge in [0, 0.05) is 23.5 Å². The number of likely N-dealkylation sites (tertiary alicyclic amines) is 1. The third kappa shape index (κ3) is 5.18. The number of nitrogens with one attached hydrogen (secondary N) is 1.